The van der Waals surface area contributed by atoms with E-state index in [1.807, 2.05) is 24.3 Å². The fraction of sp³-hybridized carbons (Fsp3) is 0.542. The highest BCUT2D eigenvalue weighted by Crippen LogP contribution is 2.29. The van der Waals surface area contributed by atoms with E-state index < -0.39 is 5.97 Å². The molecule has 6 heteroatoms. The highest BCUT2D eigenvalue weighted by Gasteiger charge is 2.28. The number of rotatable bonds is 5. The third-order valence-corrected chi connectivity index (χ3v) is 6.32. The number of nitrogens with zero attached hydrogens (tertiary/aromatic N) is 2. The summed E-state index contributed by atoms with van der Waals surface area (Å²) < 4.78 is 5.50. The molecule has 1 N–H and O–H groups in total. The number of fused-ring (bicyclic) bond motifs is 2. The van der Waals surface area contributed by atoms with Crippen LogP contribution in [0.4, 0.5) is 0 Å². The van der Waals surface area contributed by atoms with Crippen molar-refractivity contribution in [3.63, 3.8) is 0 Å². The first-order chi connectivity index (χ1) is 14.5. The molecule has 6 nitrogen and oxygen atoms in total. The first-order valence-corrected chi connectivity index (χ1v) is 11.1. The lowest BCUT2D eigenvalue weighted by Crippen LogP contribution is -2.39. The summed E-state index contributed by atoms with van der Waals surface area (Å²) in [4.78, 5) is 32.6. The molecule has 2 aromatic rings. The highest BCUT2D eigenvalue weighted by atomic mass is 16.5. The van der Waals surface area contributed by atoms with E-state index in [0.29, 0.717) is 18.2 Å². The van der Waals surface area contributed by atoms with Gasteiger partial charge in [0.2, 0.25) is 0 Å². The minimum absolute atomic E-state index is 0.207. The fourth-order valence-corrected chi connectivity index (χ4v) is 4.60. The van der Waals surface area contributed by atoms with Crippen LogP contribution in [-0.4, -0.2) is 47.0 Å². The van der Waals surface area contributed by atoms with Crippen molar-refractivity contribution < 1.29 is 14.3 Å². The average molecular weight is 410 g/mol. The Kier molecular flexibility index (Phi) is 6.32. The van der Waals surface area contributed by atoms with Crippen molar-refractivity contribution in [3.05, 3.63) is 41.1 Å². The van der Waals surface area contributed by atoms with Gasteiger partial charge < -0.3 is 10.1 Å². The number of amides is 1. The van der Waals surface area contributed by atoms with Crippen molar-refractivity contribution in [1.82, 2.24) is 15.2 Å². The van der Waals surface area contributed by atoms with Crippen molar-refractivity contribution in [3.8, 4) is 0 Å². The second-order valence-electron chi connectivity index (χ2n) is 8.72. The second-order valence-corrected chi connectivity index (χ2v) is 8.72. The molecule has 0 atom stereocenters. The Hall–Kier alpha value is -2.47. The molecule has 4 rings (SSSR count). The maximum atomic E-state index is 13.2. The monoisotopic (exact) mass is 409 g/mol. The Morgan fingerprint density at radius 3 is 2.73 bits per heavy atom. The maximum absolute atomic E-state index is 13.2. The summed E-state index contributed by atoms with van der Waals surface area (Å²) in [5.41, 5.74) is 3.26. The molecule has 1 aromatic heterocycles. The van der Waals surface area contributed by atoms with Gasteiger partial charge in [-0.3, -0.25) is 14.7 Å². The molecular weight excluding hydrogens is 378 g/mol. The summed E-state index contributed by atoms with van der Waals surface area (Å²) in [6.07, 6.45) is 6.34. The average Bonchev–Trinajstić information content (AvgIpc) is 2.76. The highest BCUT2D eigenvalue weighted by molar-refractivity contribution is 6.05. The number of hydrogen-bond acceptors (Lipinski definition) is 5. The van der Waals surface area contributed by atoms with Gasteiger partial charge in [-0.1, -0.05) is 37.5 Å². The fourth-order valence-electron chi connectivity index (χ4n) is 4.60. The van der Waals surface area contributed by atoms with Crippen LogP contribution < -0.4 is 5.32 Å². The Bertz CT molecular complexity index is 935. The van der Waals surface area contributed by atoms with E-state index in [9.17, 15) is 9.59 Å². The maximum Gasteiger partial charge on any atom is 0.339 e. The van der Waals surface area contributed by atoms with Gasteiger partial charge in [-0.2, -0.15) is 0 Å². The van der Waals surface area contributed by atoms with Gasteiger partial charge in [-0.25, -0.2) is 4.79 Å². The quantitative estimate of drug-likeness (QED) is 0.764. The van der Waals surface area contributed by atoms with Crippen molar-refractivity contribution in [2.45, 2.75) is 71.0 Å². The first-order valence-electron chi connectivity index (χ1n) is 11.1. The van der Waals surface area contributed by atoms with Crippen LogP contribution in [0.1, 0.15) is 67.6 Å². The number of pyridine rings is 1. The standard InChI is InChI=1S/C24H31N3O3/c1-16(2)27-13-12-21-19(14-27)23(18-10-6-7-11-20(18)26-21)24(29)30-15-22(28)25-17-8-4-3-5-9-17/h6-7,10-11,16-17H,3-5,8-9,12-15H2,1-2H3,(H,25,28). The van der Waals surface area contributed by atoms with Gasteiger partial charge in [0, 0.05) is 48.2 Å². The normalized spacial score (nSPS) is 17.7. The van der Waals surface area contributed by atoms with E-state index in [4.69, 9.17) is 9.72 Å². The topological polar surface area (TPSA) is 71.5 Å². The molecule has 1 aliphatic heterocycles. The predicted molar refractivity (Wildman–Crippen MR) is 116 cm³/mol. The number of carbonyl (C=O) groups is 2. The van der Waals surface area contributed by atoms with Crippen molar-refractivity contribution in [2.24, 2.45) is 0 Å². The minimum atomic E-state index is -0.436. The molecule has 0 spiro atoms. The summed E-state index contributed by atoms with van der Waals surface area (Å²) in [7, 11) is 0. The molecule has 1 saturated carbocycles. The molecule has 2 heterocycles. The van der Waals surface area contributed by atoms with E-state index in [2.05, 4.69) is 24.1 Å². The molecule has 1 amide bonds. The van der Waals surface area contributed by atoms with Crippen LogP contribution in [0.3, 0.4) is 0 Å². The summed E-state index contributed by atoms with van der Waals surface area (Å²) in [6.45, 7) is 5.67. The predicted octanol–water partition coefficient (Wildman–Crippen LogP) is 3.61. The molecule has 0 bridgehead atoms. The molecule has 1 aromatic carbocycles. The lowest BCUT2D eigenvalue weighted by molar-refractivity contribution is -0.125. The number of esters is 1. The van der Waals surface area contributed by atoms with Crippen LogP contribution in [0.2, 0.25) is 0 Å². The van der Waals surface area contributed by atoms with Gasteiger partial charge in [-0.05, 0) is 32.8 Å². The minimum Gasteiger partial charge on any atom is -0.452 e. The molecular formula is C24H31N3O3. The molecule has 0 unspecified atom stereocenters. The number of aromatic nitrogens is 1. The number of benzene rings is 1. The molecule has 1 aliphatic carbocycles. The van der Waals surface area contributed by atoms with Crippen LogP contribution in [0.5, 0.6) is 0 Å². The van der Waals surface area contributed by atoms with Gasteiger partial charge in [0.15, 0.2) is 6.61 Å². The van der Waals surface area contributed by atoms with Gasteiger partial charge >= 0.3 is 5.97 Å². The van der Waals surface area contributed by atoms with Crippen LogP contribution in [0.25, 0.3) is 10.9 Å². The van der Waals surface area contributed by atoms with Gasteiger partial charge in [-0.15, -0.1) is 0 Å². The lowest BCUT2D eigenvalue weighted by atomic mass is 9.95. The Labute approximate surface area is 178 Å². The van der Waals surface area contributed by atoms with Crippen molar-refractivity contribution in [1.29, 1.82) is 0 Å². The smallest absolute Gasteiger partial charge is 0.339 e. The Morgan fingerprint density at radius 2 is 1.97 bits per heavy atom. The first kappa shape index (κ1) is 20.8. The van der Waals surface area contributed by atoms with Gasteiger partial charge in [0.25, 0.3) is 5.91 Å². The molecule has 0 radical (unpaired) electrons. The summed E-state index contributed by atoms with van der Waals surface area (Å²) in [6, 6.07) is 8.27. The SMILES string of the molecule is CC(C)N1CCc2nc3ccccc3c(C(=O)OCC(=O)NC3CCCCC3)c2C1. The van der Waals surface area contributed by atoms with E-state index in [1.165, 1.54) is 6.42 Å². The molecule has 160 valence electrons. The van der Waals surface area contributed by atoms with Gasteiger partial charge in [0.1, 0.15) is 0 Å². The summed E-state index contributed by atoms with van der Waals surface area (Å²) in [5.74, 6) is -0.652. The van der Waals surface area contributed by atoms with Crippen LogP contribution in [0, 0.1) is 0 Å². The Morgan fingerprint density at radius 1 is 1.20 bits per heavy atom. The summed E-state index contributed by atoms with van der Waals surface area (Å²) >= 11 is 0. The third kappa shape index (κ3) is 4.48. The van der Waals surface area contributed by atoms with E-state index >= 15 is 0 Å². The van der Waals surface area contributed by atoms with Crippen LogP contribution in [-0.2, 0) is 22.5 Å². The molecule has 2 aliphatic rings. The number of nitrogens with one attached hydrogen (secondary N) is 1. The zero-order chi connectivity index (χ0) is 21.1. The van der Waals surface area contributed by atoms with E-state index in [1.54, 1.807) is 0 Å². The number of carbonyl (C=O) groups excluding carboxylic acids is 2. The zero-order valence-corrected chi connectivity index (χ0v) is 17.9. The Balaban J connectivity index is 1.55. The van der Waals surface area contributed by atoms with Crippen LogP contribution in [0.15, 0.2) is 24.3 Å². The number of hydrogen-bond donors (Lipinski definition) is 1. The van der Waals surface area contributed by atoms with E-state index in [-0.39, 0.29) is 18.6 Å². The number of ether oxygens (including phenoxy) is 1. The van der Waals surface area contributed by atoms with Crippen LogP contribution >= 0.6 is 0 Å². The molecule has 30 heavy (non-hydrogen) atoms. The molecule has 0 saturated heterocycles. The van der Waals surface area contributed by atoms with E-state index in [0.717, 1.165) is 60.8 Å². The largest absolute Gasteiger partial charge is 0.452 e. The van der Waals surface area contributed by atoms with Crippen molar-refractivity contribution >= 4 is 22.8 Å². The third-order valence-electron chi connectivity index (χ3n) is 6.32. The summed E-state index contributed by atoms with van der Waals surface area (Å²) in [5, 5.41) is 3.80. The second kappa shape index (κ2) is 9.13. The lowest BCUT2D eigenvalue weighted by Gasteiger charge is -2.32. The van der Waals surface area contributed by atoms with Crippen molar-refractivity contribution in [2.75, 3.05) is 13.2 Å². The number of para-hydroxylation sites is 1. The van der Waals surface area contributed by atoms with Gasteiger partial charge in [0.05, 0.1) is 11.1 Å². The zero-order valence-electron chi connectivity index (χ0n) is 17.9. The molecule has 1 fully saturated rings.